The standard InChI is InChI=1S/C17H19N7O2/c1-2-10-7-11(26-17(25)20-6-4-18)8-12(10)16-23-22-14-9-21-15-13(24(14)16)3-5-19-15/h3,5,9-12,19H,2,6-8H2,1H3,(H,20,25). The van der Waals surface area contributed by atoms with Crippen LogP contribution in [0, 0.1) is 17.2 Å². The zero-order valence-electron chi connectivity index (χ0n) is 14.3. The molecule has 0 radical (unpaired) electrons. The number of aromatic nitrogens is 5. The van der Waals surface area contributed by atoms with Crippen LogP contribution >= 0.6 is 0 Å². The van der Waals surface area contributed by atoms with Crippen molar-refractivity contribution in [2.75, 3.05) is 6.54 Å². The van der Waals surface area contributed by atoms with E-state index in [2.05, 4.69) is 32.4 Å². The molecule has 2 N–H and O–H groups in total. The lowest BCUT2D eigenvalue weighted by Gasteiger charge is -2.15. The molecule has 26 heavy (non-hydrogen) atoms. The summed E-state index contributed by atoms with van der Waals surface area (Å²) in [6.45, 7) is 2.08. The number of ether oxygens (including phenoxy) is 1. The number of nitrogens with zero attached hydrogens (tertiary/aromatic N) is 5. The fourth-order valence-corrected chi connectivity index (χ4v) is 3.88. The molecule has 9 nitrogen and oxygen atoms in total. The van der Waals surface area contributed by atoms with Crippen LogP contribution in [-0.2, 0) is 4.74 Å². The number of hydrogen-bond acceptors (Lipinski definition) is 6. The van der Waals surface area contributed by atoms with Gasteiger partial charge >= 0.3 is 6.09 Å². The lowest BCUT2D eigenvalue weighted by atomic mass is 9.93. The van der Waals surface area contributed by atoms with E-state index in [1.54, 1.807) is 6.20 Å². The van der Waals surface area contributed by atoms with E-state index in [1.165, 1.54) is 0 Å². The van der Waals surface area contributed by atoms with Gasteiger partial charge in [0, 0.05) is 12.1 Å². The number of nitriles is 1. The lowest BCUT2D eigenvalue weighted by molar-refractivity contribution is 0.0991. The van der Waals surface area contributed by atoms with Crippen molar-refractivity contribution in [1.29, 1.82) is 5.26 Å². The van der Waals surface area contributed by atoms with Gasteiger partial charge in [-0.2, -0.15) is 5.26 Å². The molecule has 4 rings (SSSR count). The fourth-order valence-electron chi connectivity index (χ4n) is 3.88. The van der Waals surface area contributed by atoms with Crippen LogP contribution < -0.4 is 5.32 Å². The predicted molar refractivity (Wildman–Crippen MR) is 92.3 cm³/mol. The molecule has 1 fully saturated rings. The SMILES string of the molecule is CCC1CC(OC(=O)NCC#N)CC1c1nnc2cnc3[nH]ccc3n12. The topological polar surface area (TPSA) is 121 Å². The molecular formula is C17H19N7O2. The normalized spacial score (nSPS) is 22.5. The summed E-state index contributed by atoms with van der Waals surface area (Å²) in [5.74, 6) is 1.37. The first-order valence-electron chi connectivity index (χ1n) is 8.69. The maximum Gasteiger partial charge on any atom is 0.408 e. The van der Waals surface area contributed by atoms with Gasteiger partial charge in [-0.15, -0.1) is 10.2 Å². The average Bonchev–Trinajstić information content (AvgIpc) is 3.35. The van der Waals surface area contributed by atoms with Crippen molar-refractivity contribution in [1.82, 2.24) is 29.9 Å². The van der Waals surface area contributed by atoms with Crippen molar-refractivity contribution in [3.63, 3.8) is 0 Å². The molecule has 134 valence electrons. The monoisotopic (exact) mass is 353 g/mol. The predicted octanol–water partition coefficient (Wildman–Crippen LogP) is 2.13. The summed E-state index contributed by atoms with van der Waals surface area (Å²) < 4.78 is 7.51. The molecule has 1 aliphatic rings. The van der Waals surface area contributed by atoms with Crippen LogP contribution in [0.25, 0.3) is 16.8 Å². The molecule has 0 saturated heterocycles. The number of aromatic amines is 1. The van der Waals surface area contributed by atoms with E-state index in [-0.39, 0.29) is 18.6 Å². The highest BCUT2D eigenvalue weighted by Gasteiger charge is 2.39. The second-order valence-corrected chi connectivity index (χ2v) is 6.51. The molecule has 3 atom stereocenters. The highest BCUT2D eigenvalue weighted by molar-refractivity contribution is 5.74. The van der Waals surface area contributed by atoms with E-state index < -0.39 is 6.09 Å². The molecule has 0 bridgehead atoms. The van der Waals surface area contributed by atoms with Gasteiger partial charge < -0.3 is 15.0 Å². The Hall–Kier alpha value is -3.15. The minimum Gasteiger partial charge on any atom is -0.446 e. The Morgan fingerprint density at radius 3 is 3.19 bits per heavy atom. The molecule has 1 amide bonds. The van der Waals surface area contributed by atoms with Gasteiger partial charge in [0.1, 0.15) is 18.5 Å². The van der Waals surface area contributed by atoms with Gasteiger partial charge in [-0.3, -0.25) is 4.40 Å². The number of amides is 1. The van der Waals surface area contributed by atoms with E-state index in [4.69, 9.17) is 10.00 Å². The van der Waals surface area contributed by atoms with Crippen molar-refractivity contribution in [2.24, 2.45) is 5.92 Å². The maximum atomic E-state index is 11.8. The number of nitrogens with one attached hydrogen (secondary N) is 2. The van der Waals surface area contributed by atoms with E-state index >= 15 is 0 Å². The molecule has 9 heteroatoms. The average molecular weight is 353 g/mol. The number of H-pyrrole nitrogens is 1. The first-order chi connectivity index (χ1) is 12.7. The maximum absolute atomic E-state index is 11.8. The van der Waals surface area contributed by atoms with E-state index in [1.807, 2.05) is 22.7 Å². The molecule has 0 aliphatic heterocycles. The highest BCUT2D eigenvalue weighted by Crippen LogP contribution is 2.42. The molecule has 1 saturated carbocycles. The molecule has 1 aliphatic carbocycles. The Balaban J connectivity index is 1.62. The van der Waals surface area contributed by atoms with E-state index in [9.17, 15) is 4.79 Å². The Labute approximate surface area is 149 Å². The Bertz CT molecular complexity index is 986. The Morgan fingerprint density at radius 1 is 1.50 bits per heavy atom. The van der Waals surface area contributed by atoms with Gasteiger partial charge in [-0.1, -0.05) is 13.3 Å². The van der Waals surface area contributed by atoms with Crippen LogP contribution in [0.15, 0.2) is 18.5 Å². The Morgan fingerprint density at radius 2 is 2.38 bits per heavy atom. The van der Waals surface area contributed by atoms with Crippen LogP contribution in [0.4, 0.5) is 4.79 Å². The van der Waals surface area contributed by atoms with Crippen LogP contribution in [0.5, 0.6) is 0 Å². The van der Waals surface area contributed by atoms with Crippen LogP contribution in [0.3, 0.4) is 0 Å². The van der Waals surface area contributed by atoms with Crippen LogP contribution in [0.2, 0.25) is 0 Å². The number of fused-ring (bicyclic) bond motifs is 3. The lowest BCUT2D eigenvalue weighted by Crippen LogP contribution is -2.28. The van der Waals surface area contributed by atoms with Crippen molar-refractivity contribution in [3.05, 3.63) is 24.3 Å². The first kappa shape index (κ1) is 16.3. The fraction of sp³-hybridized carbons (Fsp3) is 0.471. The third kappa shape index (κ3) is 2.73. The minimum absolute atomic E-state index is 0.0561. The largest absolute Gasteiger partial charge is 0.446 e. The quantitative estimate of drug-likeness (QED) is 0.693. The zero-order chi connectivity index (χ0) is 18.1. The number of carbonyl (C=O) groups is 1. The zero-order valence-corrected chi connectivity index (χ0v) is 14.3. The summed E-state index contributed by atoms with van der Waals surface area (Å²) in [6.07, 6.45) is 5.23. The summed E-state index contributed by atoms with van der Waals surface area (Å²) in [5.41, 5.74) is 2.43. The Kier molecular flexibility index (Phi) is 4.16. The molecule has 0 aromatic carbocycles. The van der Waals surface area contributed by atoms with Gasteiger partial charge in [-0.05, 0) is 24.8 Å². The van der Waals surface area contributed by atoms with Gasteiger partial charge in [0.05, 0.1) is 17.8 Å². The van der Waals surface area contributed by atoms with Gasteiger partial charge in [0.2, 0.25) is 0 Å². The first-order valence-corrected chi connectivity index (χ1v) is 8.69. The van der Waals surface area contributed by atoms with Gasteiger partial charge in [-0.25, -0.2) is 9.78 Å². The molecule has 0 spiro atoms. The number of carbonyl (C=O) groups excluding carboxylic acids is 1. The van der Waals surface area contributed by atoms with Gasteiger partial charge in [0.15, 0.2) is 11.3 Å². The number of hydrogen-bond donors (Lipinski definition) is 2. The molecule has 3 aromatic rings. The van der Waals surface area contributed by atoms with E-state index in [0.717, 1.165) is 29.8 Å². The molecule has 3 unspecified atom stereocenters. The number of alkyl carbamates (subject to hydrolysis) is 1. The molecular weight excluding hydrogens is 334 g/mol. The van der Waals surface area contributed by atoms with E-state index in [0.29, 0.717) is 18.0 Å². The summed E-state index contributed by atoms with van der Waals surface area (Å²) in [5, 5.41) is 19.7. The highest BCUT2D eigenvalue weighted by atomic mass is 16.6. The van der Waals surface area contributed by atoms with Crippen molar-refractivity contribution < 1.29 is 9.53 Å². The van der Waals surface area contributed by atoms with Gasteiger partial charge in [0.25, 0.3) is 0 Å². The minimum atomic E-state index is -0.546. The van der Waals surface area contributed by atoms with Crippen molar-refractivity contribution in [3.8, 4) is 6.07 Å². The summed E-state index contributed by atoms with van der Waals surface area (Å²) in [6, 6.07) is 3.83. The summed E-state index contributed by atoms with van der Waals surface area (Å²) >= 11 is 0. The van der Waals surface area contributed by atoms with Crippen molar-refractivity contribution in [2.45, 2.75) is 38.2 Å². The van der Waals surface area contributed by atoms with Crippen molar-refractivity contribution >= 4 is 22.9 Å². The van der Waals surface area contributed by atoms with Crippen LogP contribution in [0.1, 0.15) is 37.9 Å². The van der Waals surface area contributed by atoms with Crippen LogP contribution in [-0.4, -0.2) is 43.3 Å². The summed E-state index contributed by atoms with van der Waals surface area (Å²) in [7, 11) is 0. The smallest absolute Gasteiger partial charge is 0.408 e. The second kappa shape index (κ2) is 6.63. The third-order valence-electron chi connectivity index (χ3n) is 5.06. The third-order valence-corrected chi connectivity index (χ3v) is 5.06. The second-order valence-electron chi connectivity index (χ2n) is 6.51. The summed E-state index contributed by atoms with van der Waals surface area (Å²) in [4.78, 5) is 19.2. The molecule has 3 aromatic heterocycles. The molecule has 3 heterocycles. The number of rotatable bonds is 4.